The van der Waals surface area contributed by atoms with Crippen LogP contribution in [0.4, 0.5) is 5.69 Å². The number of hydrogen-bond donors (Lipinski definition) is 2. The second-order valence-electron chi connectivity index (χ2n) is 6.47. The van der Waals surface area contributed by atoms with Gasteiger partial charge in [-0.15, -0.1) is 0 Å². The number of H-pyrrole nitrogens is 2. The average Bonchev–Trinajstić information content (AvgIpc) is 3.07. The van der Waals surface area contributed by atoms with Gasteiger partial charge in [-0.2, -0.15) is 0 Å². The van der Waals surface area contributed by atoms with Crippen molar-refractivity contribution in [3.63, 3.8) is 0 Å². The molecule has 0 atom stereocenters. The van der Waals surface area contributed by atoms with Crippen molar-refractivity contribution in [3.05, 3.63) is 91.5 Å². The number of nitro groups is 1. The number of benzene rings is 3. The molecule has 0 saturated heterocycles. The van der Waals surface area contributed by atoms with Gasteiger partial charge in [-0.3, -0.25) is 24.8 Å². The van der Waals surface area contributed by atoms with E-state index in [1.807, 2.05) is 6.07 Å². The lowest BCUT2D eigenvalue weighted by Crippen LogP contribution is -2.28. The highest BCUT2D eigenvalue weighted by Crippen LogP contribution is 2.30. The Kier molecular flexibility index (Phi) is 3.23. The molecule has 2 aromatic heterocycles. The highest BCUT2D eigenvalue weighted by Gasteiger charge is 2.15. The van der Waals surface area contributed by atoms with Crippen molar-refractivity contribution in [2.75, 3.05) is 0 Å². The number of nitro benzene ring substituents is 1. The van der Waals surface area contributed by atoms with Crippen molar-refractivity contribution in [1.82, 2.24) is 14.8 Å². The molecule has 0 aliphatic carbocycles. The van der Waals surface area contributed by atoms with Gasteiger partial charge in [0.1, 0.15) is 0 Å². The molecule has 2 heterocycles. The predicted molar refractivity (Wildman–Crippen MR) is 106 cm³/mol. The lowest BCUT2D eigenvalue weighted by atomic mass is 10.1. The lowest BCUT2D eigenvalue weighted by molar-refractivity contribution is -0.384. The number of aromatic amines is 2. The minimum absolute atomic E-state index is 0.0406. The quantitative estimate of drug-likeness (QED) is 0.366. The Balaban J connectivity index is 1.90. The zero-order valence-corrected chi connectivity index (χ0v) is 14.3. The van der Waals surface area contributed by atoms with Gasteiger partial charge < -0.3 is 4.98 Å². The fraction of sp³-hybridized carbons (Fsp3) is 0. The number of nitrogens with one attached hydrogen (secondary N) is 2. The number of non-ortho nitro benzene ring substituents is 1. The number of aromatic nitrogens is 3. The molecule has 0 saturated carbocycles. The Morgan fingerprint density at radius 1 is 0.821 bits per heavy atom. The van der Waals surface area contributed by atoms with Crippen LogP contribution in [-0.2, 0) is 0 Å². The van der Waals surface area contributed by atoms with Crippen LogP contribution in [0, 0.1) is 10.1 Å². The zero-order chi connectivity index (χ0) is 19.4. The smallest absolute Gasteiger partial charge is 0.277 e. The molecule has 3 aromatic carbocycles. The largest absolute Gasteiger partial charge is 0.354 e. The molecule has 0 radical (unpaired) electrons. The van der Waals surface area contributed by atoms with Gasteiger partial charge in [-0.05, 0) is 30.3 Å². The normalized spacial score (nSPS) is 11.4. The molecule has 8 nitrogen and oxygen atoms in total. The van der Waals surface area contributed by atoms with Crippen molar-refractivity contribution < 1.29 is 4.92 Å². The first-order valence-corrected chi connectivity index (χ1v) is 8.47. The molecule has 5 rings (SSSR count). The lowest BCUT2D eigenvalue weighted by Gasteiger charge is -2.07. The maximum atomic E-state index is 13.0. The molecule has 0 spiro atoms. The topological polar surface area (TPSA) is 114 Å². The van der Waals surface area contributed by atoms with Gasteiger partial charge >= 0.3 is 0 Å². The summed E-state index contributed by atoms with van der Waals surface area (Å²) < 4.78 is 1.20. The van der Waals surface area contributed by atoms with Crippen molar-refractivity contribution in [3.8, 4) is 5.69 Å². The Morgan fingerprint density at radius 2 is 1.57 bits per heavy atom. The summed E-state index contributed by atoms with van der Waals surface area (Å²) in [6, 6.07) is 16.5. The van der Waals surface area contributed by atoms with Gasteiger partial charge in [0.15, 0.2) is 0 Å². The standard InChI is InChI=1S/C20H12N4O4/c25-19-15-10-18-14(13-8-12(24(27)28)6-7-17(13)21-18)9-16(15)20(26)23(22-19)11-4-2-1-3-5-11/h1-10,21H,(H,22,25). The number of para-hydroxylation sites is 1. The molecular weight excluding hydrogens is 360 g/mol. The summed E-state index contributed by atoms with van der Waals surface area (Å²) in [6.07, 6.45) is 0. The third-order valence-electron chi connectivity index (χ3n) is 4.84. The van der Waals surface area contributed by atoms with Gasteiger partial charge in [0.25, 0.3) is 16.8 Å². The predicted octanol–water partition coefficient (Wildman–Crippen LogP) is 3.22. The summed E-state index contributed by atoms with van der Waals surface area (Å²) in [6.45, 7) is 0. The summed E-state index contributed by atoms with van der Waals surface area (Å²) in [4.78, 5) is 39.4. The highest BCUT2D eigenvalue weighted by molar-refractivity contribution is 6.12. The van der Waals surface area contributed by atoms with Gasteiger partial charge in [-0.1, -0.05) is 18.2 Å². The molecule has 0 fully saturated rings. The van der Waals surface area contributed by atoms with Gasteiger partial charge in [0.05, 0.1) is 21.4 Å². The Labute approximate surface area is 155 Å². The van der Waals surface area contributed by atoms with Crippen LogP contribution in [0.15, 0.2) is 70.3 Å². The Morgan fingerprint density at radius 3 is 2.32 bits per heavy atom. The molecule has 0 unspecified atom stereocenters. The zero-order valence-electron chi connectivity index (χ0n) is 14.3. The molecule has 8 heteroatoms. The molecule has 0 aliphatic rings. The highest BCUT2D eigenvalue weighted by atomic mass is 16.6. The fourth-order valence-electron chi connectivity index (χ4n) is 3.51. The molecule has 0 aliphatic heterocycles. The first kappa shape index (κ1) is 16.0. The number of hydrogen-bond acceptors (Lipinski definition) is 4. The summed E-state index contributed by atoms with van der Waals surface area (Å²) in [5.74, 6) is 0. The molecule has 0 amide bonds. The van der Waals surface area contributed by atoms with Crippen molar-refractivity contribution in [2.24, 2.45) is 0 Å². The average molecular weight is 372 g/mol. The van der Waals surface area contributed by atoms with Gasteiger partial charge in [0, 0.05) is 33.9 Å². The first-order chi connectivity index (χ1) is 13.5. The molecule has 0 bridgehead atoms. The molecule has 28 heavy (non-hydrogen) atoms. The Bertz CT molecular complexity index is 1530. The van der Waals surface area contributed by atoms with Crippen LogP contribution in [0.25, 0.3) is 38.3 Å². The molecule has 136 valence electrons. The third-order valence-corrected chi connectivity index (χ3v) is 4.84. The second kappa shape index (κ2) is 5.65. The van der Waals surface area contributed by atoms with E-state index < -0.39 is 10.5 Å². The number of rotatable bonds is 2. The van der Waals surface area contributed by atoms with Crippen molar-refractivity contribution in [1.29, 1.82) is 0 Å². The first-order valence-electron chi connectivity index (χ1n) is 8.47. The Hall–Kier alpha value is -4.20. The SMILES string of the molecule is O=c1[nH]n(-c2ccccc2)c(=O)c2cc3c(cc12)[nH]c1ccc([N+](=O)[O-])cc13. The number of fused-ring (bicyclic) bond motifs is 4. The van der Waals surface area contributed by atoms with Crippen LogP contribution in [-0.4, -0.2) is 19.7 Å². The summed E-state index contributed by atoms with van der Waals surface area (Å²) in [7, 11) is 0. The van der Waals surface area contributed by atoms with E-state index in [1.165, 1.54) is 16.8 Å². The van der Waals surface area contributed by atoms with Crippen LogP contribution in [0.5, 0.6) is 0 Å². The van der Waals surface area contributed by atoms with E-state index in [4.69, 9.17) is 0 Å². The summed E-state index contributed by atoms with van der Waals surface area (Å²) in [5.41, 5.74) is 1.05. The minimum atomic E-state index is -0.466. The van der Waals surface area contributed by atoms with Gasteiger partial charge in [0.2, 0.25) is 0 Å². The maximum absolute atomic E-state index is 13.0. The fourth-order valence-corrected chi connectivity index (χ4v) is 3.51. The van der Waals surface area contributed by atoms with E-state index in [-0.39, 0.29) is 22.0 Å². The van der Waals surface area contributed by atoms with Crippen molar-refractivity contribution >= 4 is 38.3 Å². The van der Waals surface area contributed by atoms with E-state index in [9.17, 15) is 19.7 Å². The molecule has 5 aromatic rings. The van der Waals surface area contributed by atoms with E-state index in [1.54, 1.807) is 42.5 Å². The maximum Gasteiger partial charge on any atom is 0.277 e. The van der Waals surface area contributed by atoms with E-state index in [0.29, 0.717) is 27.5 Å². The number of nitrogens with zero attached hydrogens (tertiary/aromatic N) is 2. The van der Waals surface area contributed by atoms with E-state index >= 15 is 0 Å². The minimum Gasteiger partial charge on any atom is -0.354 e. The van der Waals surface area contributed by atoms with Crippen molar-refractivity contribution in [2.45, 2.75) is 0 Å². The van der Waals surface area contributed by atoms with Crippen LogP contribution < -0.4 is 11.1 Å². The molecular formula is C20H12N4O4. The van der Waals surface area contributed by atoms with E-state index in [0.717, 1.165) is 0 Å². The van der Waals surface area contributed by atoms with Crippen LogP contribution in [0.2, 0.25) is 0 Å². The van der Waals surface area contributed by atoms with E-state index in [2.05, 4.69) is 10.1 Å². The third kappa shape index (κ3) is 2.25. The van der Waals surface area contributed by atoms with Gasteiger partial charge in [-0.25, -0.2) is 4.68 Å². The molecule has 2 N–H and O–H groups in total. The summed E-state index contributed by atoms with van der Waals surface area (Å²) in [5, 5.41) is 15.5. The monoisotopic (exact) mass is 372 g/mol. The summed E-state index contributed by atoms with van der Waals surface area (Å²) >= 11 is 0. The van der Waals surface area contributed by atoms with Crippen LogP contribution in [0.3, 0.4) is 0 Å². The second-order valence-corrected chi connectivity index (χ2v) is 6.47. The van der Waals surface area contributed by atoms with Crippen LogP contribution >= 0.6 is 0 Å². The van der Waals surface area contributed by atoms with Crippen LogP contribution in [0.1, 0.15) is 0 Å².